The van der Waals surface area contributed by atoms with Gasteiger partial charge in [-0.2, -0.15) is 0 Å². The molecule has 0 aliphatic heterocycles. The van der Waals surface area contributed by atoms with E-state index in [2.05, 4.69) is 60.3 Å². The third kappa shape index (κ3) is 2.89. The van der Waals surface area contributed by atoms with Gasteiger partial charge >= 0.3 is 0 Å². The van der Waals surface area contributed by atoms with E-state index in [-0.39, 0.29) is 0 Å². The van der Waals surface area contributed by atoms with Crippen LogP contribution in [-0.2, 0) is 0 Å². The van der Waals surface area contributed by atoms with Crippen LogP contribution in [0.2, 0.25) is 0 Å². The molecule has 0 atom stereocenters. The van der Waals surface area contributed by atoms with Crippen molar-refractivity contribution in [3.8, 4) is 0 Å². The second-order valence-corrected chi connectivity index (χ2v) is 7.31. The molecule has 2 aromatic heterocycles. The van der Waals surface area contributed by atoms with E-state index in [0.717, 1.165) is 15.2 Å². The largest absolute Gasteiger partial charge is 0.357 e. The molecule has 0 saturated carbocycles. The van der Waals surface area contributed by atoms with Gasteiger partial charge in [-0.05, 0) is 44.0 Å². The van der Waals surface area contributed by atoms with Gasteiger partial charge in [0.05, 0.1) is 0 Å². The van der Waals surface area contributed by atoms with Crippen molar-refractivity contribution in [3.63, 3.8) is 0 Å². The Bertz CT molecular complexity index is 809. The zero-order valence-electron chi connectivity index (χ0n) is 12.5. The van der Waals surface area contributed by atoms with Crippen LogP contribution in [0.1, 0.15) is 16.0 Å². The van der Waals surface area contributed by atoms with E-state index in [1.165, 1.54) is 20.9 Å². The molecule has 0 aliphatic carbocycles. The maximum absolute atomic E-state index is 4.65. The summed E-state index contributed by atoms with van der Waals surface area (Å²) in [5.74, 6) is 0.678. The summed E-state index contributed by atoms with van der Waals surface area (Å²) in [6, 6.07) is 8.69. The molecule has 0 fully saturated rings. The average Bonchev–Trinajstić information content (AvgIpc) is 2.83. The molecular weight excluding hydrogens is 298 g/mol. The first-order chi connectivity index (χ1) is 10.1. The minimum Gasteiger partial charge on any atom is -0.357 e. The molecule has 1 N–H and O–H groups in total. The van der Waals surface area contributed by atoms with E-state index in [1.807, 2.05) is 7.05 Å². The third-order valence-corrected chi connectivity index (χ3v) is 5.36. The highest BCUT2D eigenvalue weighted by Crippen LogP contribution is 2.37. The van der Waals surface area contributed by atoms with Crippen LogP contribution in [0, 0.1) is 20.8 Å². The van der Waals surface area contributed by atoms with E-state index >= 15 is 0 Å². The Kier molecular flexibility index (Phi) is 3.87. The average molecular weight is 315 g/mol. The van der Waals surface area contributed by atoms with E-state index < -0.39 is 0 Å². The fraction of sp³-hybridized carbons (Fsp3) is 0.250. The van der Waals surface area contributed by atoms with Crippen LogP contribution >= 0.6 is 23.1 Å². The maximum Gasteiger partial charge on any atom is 0.224 e. The molecule has 3 nitrogen and oxygen atoms in total. The standard InChI is InChI=1S/C16H17N3S2/c1-9-5-6-10(2)13(7-9)21-15-12-8-11(3)20-14(12)18-16(17-4)19-15/h5-8H,1-4H3,(H,17,18,19). The number of fused-ring (bicyclic) bond motifs is 1. The summed E-state index contributed by atoms with van der Waals surface area (Å²) in [6.07, 6.45) is 0. The van der Waals surface area contributed by atoms with Gasteiger partial charge in [-0.1, -0.05) is 23.9 Å². The normalized spacial score (nSPS) is 11.0. The van der Waals surface area contributed by atoms with Crippen LogP contribution in [0.3, 0.4) is 0 Å². The van der Waals surface area contributed by atoms with Crippen molar-refractivity contribution >= 4 is 39.3 Å². The lowest BCUT2D eigenvalue weighted by Crippen LogP contribution is -1.97. The molecule has 3 rings (SSSR count). The second kappa shape index (κ2) is 5.66. The van der Waals surface area contributed by atoms with Gasteiger partial charge in [0.25, 0.3) is 0 Å². The summed E-state index contributed by atoms with van der Waals surface area (Å²) in [6.45, 7) is 6.36. The van der Waals surface area contributed by atoms with Gasteiger partial charge in [0.15, 0.2) is 0 Å². The SMILES string of the molecule is CNc1nc(Sc2cc(C)ccc2C)c2cc(C)sc2n1. The number of hydrogen-bond acceptors (Lipinski definition) is 5. The Morgan fingerprint density at radius 2 is 1.90 bits per heavy atom. The van der Waals surface area contributed by atoms with Gasteiger partial charge in [0, 0.05) is 22.2 Å². The van der Waals surface area contributed by atoms with Gasteiger partial charge in [-0.3, -0.25) is 0 Å². The number of rotatable bonds is 3. The molecule has 2 heterocycles. The van der Waals surface area contributed by atoms with Crippen molar-refractivity contribution in [1.29, 1.82) is 0 Å². The number of nitrogens with one attached hydrogen (secondary N) is 1. The first-order valence-electron chi connectivity index (χ1n) is 6.78. The molecule has 0 bridgehead atoms. The Morgan fingerprint density at radius 1 is 1.10 bits per heavy atom. The molecule has 108 valence electrons. The van der Waals surface area contributed by atoms with Gasteiger partial charge in [-0.15, -0.1) is 11.3 Å². The molecular formula is C16H17N3S2. The Balaban J connectivity index is 2.12. The quantitative estimate of drug-likeness (QED) is 0.704. The zero-order valence-corrected chi connectivity index (χ0v) is 14.2. The molecule has 21 heavy (non-hydrogen) atoms. The number of benzene rings is 1. The predicted octanol–water partition coefficient (Wildman–Crippen LogP) is 4.81. The Morgan fingerprint density at radius 3 is 2.67 bits per heavy atom. The van der Waals surface area contributed by atoms with E-state index in [4.69, 9.17) is 0 Å². The van der Waals surface area contributed by atoms with Gasteiger partial charge < -0.3 is 5.32 Å². The fourth-order valence-corrected chi connectivity index (χ4v) is 4.15. The van der Waals surface area contributed by atoms with Gasteiger partial charge in [-0.25, -0.2) is 9.97 Å². The van der Waals surface area contributed by atoms with Gasteiger partial charge in [0.2, 0.25) is 5.95 Å². The second-order valence-electron chi connectivity index (χ2n) is 5.05. The topological polar surface area (TPSA) is 37.8 Å². The summed E-state index contributed by atoms with van der Waals surface area (Å²) >= 11 is 3.43. The monoisotopic (exact) mass is 315 g/mol. The molecule has 1 aromatic carbocycles. The molecule has 0 spiro atoms. The molecule has 0 saturated heterocycles. The lowest BCUT2D eigenvalue weighted by Gasteiger charge is -2.08. The first kappa shape index (κ1) is 14.4. The fourth-order valence-electron chi connectivity index (χ4n) is 2.13. The highest BCUT2D eigenvalue weighted by Gasteiger charge is 2.12. The summed E-state index contributed by atoms with van der Waals surface area (Å²) in [5, 5.41) is 5.21. The molecule has 0 amide bonds. The minimum absolute atomic E-state index is 0.678. The molecule has 0 unspecified atom stereocenters. The molecule has 0 radical (unpaired) electrons. The lowest BCUT2D eigenvalue weighted by atomic mass is 10.2. The minimum atomic E-state index is 0.678. The number of nitrogens with zero attached hydrogens (tertiary/aromatic N) is 2. The van der Waals surface area contributed by atoms with Crippen molar-refractivity contribution in [2.24, 2.45) is 0 Å². The Hall–Kier alpha value is -1.59. The van der Waals surface area contributed by atoms with Crippen molar-refractivity contribution in [3.05, 3.63) is 40.3 Å². The van der Waals surface area contributed by atoms with E-state index in [0.29, 0.717) is 5.95 Å². The molecule has 5 heteroatoms. The smallest absolute Gasteiger partial charge is 0.224 e. The van der Waals surface area contributed by atoms with Crippen LogP contribution in [0.5, 0.6) is 0 Å². The van der Waals surface area contributed by atoms with E-state index in [9.17, 15) is 0 Å². The first-order valence-corrected chi connectivity index (χ1v) is 8.41. The van der Waals surface area contributed by atoms with Crippen LogP contribution in [0.4, 0.5) is 5.95 Å². The van der Waals surface area contributed by atoms with Crippen LogP contribution in [-0.4, -0.2) is 17.0 Å². The van der Waals surface area contributed by atoms with Crippen LogP contribution < -0.4 is 5.32 Å². The number of thiophene rings is 1. The summed E-state index contributed by atoms with van der Waals surface area (Å²) in [4.78, 5) is 12.7. The number of aryl methyl sites for hydroxylation is 3. The zero-order chi connectivity index (χ0) is 15.0. The Labute approximate surface area is 132 Å². The summed E-state index contributed by atoms with van der Waals surface area (Å²) < 4.78 is 0. The summed E-state index contributed by atoms with van der Waals surface area (Å²) in [5.41, 5.74) is 2.54. The third-order valence-electron chi connectivity index (χ3n) is 3.25. The van der Waals surface area contributed by atoms with E-state index in [1.54, 1.807) is 23.1 Å². The van der Waals surface area contributed by atoms with Gasteiger partial charge in [0.1, 0.15) is 9.86 Å². The van der Waals surface area contributed by atoms with Crippen molar-refractivity contribution in [2.75, 3.05) is 12.4 Å². The predicted molar refractivity (Wildman–Crippen MR) is 91.7 cm³/mol. The number of hydrogen-bond donors (Lipinski definition) is 1. The molecule has 0 aliphatic rings. The van der Waals surface area contributed by atoms with Crippen LogP contribution in [0.15, 0.2) is 34.2 Å². The lowest BCUT2D eigenvalue weighted by molar-refractivity contribution is 1.10. The van der Waals surface area contributed by atoms with Crippen molar-refractivity contribution in [2.45, 2.75) is 30.7 Å². The highest BCUT2D eigenvalue weighted by atomic mass is 32.2. The number of aromatic nitrogens is 2. The summed E-state index contributed by atoms with van der Waals surface area (Å²) in [7, 11) is 1.86. The molecule has 3 aromatic rings. The van der Waals surface area contributed by atoms with Crippen molar-refractivity contribution in [1.82, 2.24) is 9.97 Å². The maximum atomic E-state index is 4.65. The highest BCUT2D eigenvalue weighted by molar-refractivity contribution is 7.99. The van der Waals surface area contributed by atoms with Crippen molar-refractivity contribution < 1.29 is 0 Å². The van der Waals surface area contributed by atoms with Crippen LogP contribution in [0.25, 0.3) is 10.2 Å². The number of anilines is 1.